The molecule has 0 saturated carbocycles. The summed E-state index contributed by atoms with van der Waals surface area (Å²) in [5.41, 5.74) is 0.575. The lowest BCUT2D eigenvalue weighted by molar-refractivity contribution is 0.0919. The van der Waals surface area contributed by atoms with Gasteiger partial charge in [-0.05, 0) is 50.5 Å². The number of halogens is 1. The first-order valence-corrected chi connectivity index (χ1v) is 8.77. The number of Topliss-reactive ketones (excluding diaryl/α,β-unsaturated/α-hetero) is 1. The zero-order chi connectivity index (χ0) is 16.2. The minimum absolute atomic E-state index is 0.0533. The molecule has 1 saturated heterocycles. The lowest BCUT2D eigenvalue weighted by Crippen LogP contribution is -2.37. The summed E-state index contributed by atoms with van der Waals surface area (Å²) >= 11 is 6.95. The van der Waals surface area contributed by atoms with Gasteiger partial charge in [-0.3, -0.25) is 4.79 Å². The van der Waals surface area contributed by atoms with Crippen molar-refractivity contribution >= 4 is 34.9 Å². The van der Waals surface area contributed by atoms with Crippen LogP contribution in [0.4, 0.5) is 5.82 Å². The second-order valence-electron chi connectivity index (χ2n) is 5.65. The van der Waals surface area contributed by atoms with Crippen LogP contribution >= 0.6 is 23.3 Å². The standard InChI is InChI=1S/C16H18ClN3O2S/c1-11-4-2-3-9-20(11)15-16(19-23-18-15)22-10-14(21)12-5-7-13(17)8-6-12/h5-8,11H,2-4,9-10H2,1H3. The molecule has 1 unspecified atom stereocenters. The maximum Gasteiger partial charge on any atom is 0.271 e. The van der Waals surface area contributed by atoms with E-state index < -0.39 is 0 Å². The molecule has 5 nitrogen and oxygen atoms in total. The van der Waals surface area contributed by atoms with Crippen molar-refractivity contribution in [3.05, 3.63) is 34.9 Å². The zero-order valence-corrected chi connectivity index (χ0v) is 14.4. The van der Waals surface area contributed by atoms with Crippen LogP contribution < -0.4 is 9.64 Å². The Morgan fingerprint density at radius 3 is 2.87 bits per heavy atom. The molecule has 122 valence electrons. The van der Waals surface area contributed by atoms with E-state index in [1.807, 2.05) is 0 Å². The lowest BCUT2D eigenvalue weighted by atomic mass is 10.0. The molecular formula is C16H18ClN3O2S. The molecule has 0 amide bonds. The van der Waals surface area contributed by atoms with Crippen LogP contribution in [-0.2, 0) is 0 Å². The van der Waals surface area contributed by atoms with Crippen LogP contribution in [0.5, 0.6) is 5.88 Å². The smallest absolute Gasteiger partial charge is 0.271 e. The molecule has 1 atom stereocenters. The Kier molecular flexibility index (Phi) is 5.13. The molecule has 0 N–H and O–H groups in total. The summed E-state index contributed by atoms with van der Waals surface area (Å²) in [4.78, 5) is 14.4. The van der Waals surface area contributed by atoms with Crippen LogP contribution in [0.2, 0.25) is 5.02 Å². The number of anilines is 1. The van der Waals surface area contributed by atoms with Gasteiger partial charge in [0, 0.05) is 23.2 Å². The van der Waals surface area contributed by atoms with Crippen LogP contribution in [0, 0.1) is 0 Å². The number of aromatic nitrogens is 2. The quantitative estimate of drug-likeness (QED) is 0.766. The number of carbonyl (C=O) groups excluding carboxylic acids is 1. The Morgan fingerprint density at radius 2 is 2.13 bits per heavy atom. The SMILES string of the molecule is CC1CCCCN1c1nsnc1OCC(=O)c1ccc(Cl)cc1. The van der Waals surface area contributed by atoms with Crippen LogP contribution in [0.3, 0.4) is 0 Å². The lowest BCUT2D eigenvalue weighted by Gasteiger charge is -2.33. The Morgan fingerprint density at radius 1 is 1.35 bits per heavy atom. The zero-order valence-electron chi connectivity index (χ0n) is 12.9. The number of hydrogen-bond donors (Lipinski definition) is 0. The number of carbonyl (C=O) groups is 1. The van der Waals surface area contributed by atoms with Crippen molar-refractivity contribution in [3.8, 4) is 5.88 Å². The van der Waals surface area contributed by atoms with Crippen molar-refractivity contribution in [3.63, 3.8) is 0 Å². The van der Waals surface area contributed by atoms with Gasteiger partial charge in [-0.1, -0.05) is 11.6 Å². The highest BCUT2D eigenvalue weighted by Gasteiger charge is 2.25. The van der Waals surface area contributed by atoms with Crippen molar-refractivity contribution in [2.45, 2.75) is 32.2 Å². The largest absolute Gasteiger partial charge is 0.466 e. The Balaban J connectivity index is 1.66. The summed E-state index contributed by atoms with van der Waals surface area (Å²) in [7, 11) is 0. The van der Waals surface area contributed by atoms with Crippen LogP contribution in [0.15, 0.2) is 24.3 Å². The van der Waals surface area contributed by atoms with Gasteiger partial charge in [0.15, 0.2) is 12.4 Å². The van der Waals surface area contributed by atoms with E-state index in [2.05, 4.69) is 20.6 Å². The molecule has 0 spiro atoms. The molecule has 0 radical (unpaired) electrons. The molecule has 2 heterocycles. The van der Waals surface area contributed by atoms with Gasteiger partial charge in [-0.15, -0.1) is 4.37 Å². The maximum absolute atomic E-state index is 12.2. The van der Waals surface area contributed by atoms with Gasteiger partial charge in [0.05, 0.1) is 11.7 Å². The fourth-order valence-electron chi connectivity index (χ4n) is 2.71. The predicted molar refractivity (Wildman–Crippen MR) is 91.8 cm³/mol. The first-order valence-electron chi connectivity index (χ1n) is 7.66. The first-order chi connectivity index (χ1) is 11.1. The number of hydrogen-bond acceptors (Lipinski definition) is 6. The van der Waals surface area contributed by atoms with Gasteiger partial charge in [0.25, 0.3) is 5.88 Å². The third kappa shape index (κ3) is 3.82. The van der Waals surface area contributed by atoms with Gasteiger partial charge in [-0.25, -0.2) is 0 Å². The Bertz CT molecular complexity index is 674. The Labute approximate surface area is 144 Å². The van der Waals surface area contributed by atoms with E-state index >= 15 is 0 Å². The summed E-state index contributed by atoms with van der Waals surface area (Å²) in [5, 5.41) is 0.604. The highest BCUT2D eigenvalue weighted by Crippen LogP contribution is 2.31. The Hall–Kier alpha value is -1.66. The fourth-order valence-corrected chi connectivity index (χ4v) is 3.34. The van der Waals surface area contributed by atoms with E-state index in [1.165, 1.54) is 6.42 Å². The minimum Gasteiger partial charge on any atom is -0.466 e. The topological polar surface area (TPSA) is 55.3 Å². The summed E-state index contributed by atoms with van der Waals surface area (Å²) in [6.45, 7) is 3.08. The predicted octanol–water partition coefficient (Wildman–Crippen LogP) is 3.83. The molecule has 2 aromatic rings. The van der Waals surface area contributed by atoms with Crippen molar-refractivity contribution in [1.82, 2.24) is 8.75 Å². The van der Waals surface area contributed by atoms with Gasteiger partial charge in [0.1, 0.15) is 0 Å². The summed E-state index contributed by atoms with van der Waals surface area (Å²) in [6, 6.07) is 7.20. The van der Waals surface area contributed by atoms with E-state index in [1.54, 1.807) is 24.3 Å². The minimum atomic E-state index is -0.104. The number of ether oxygens (including phenoxy) is 1. The van der Waals surface area contributed by atoms with Crippen LogP contribution in [0.25, 0.3) is 0 Å². The highest BCUT2D eigenvalue weighted by molar-refractivity contribution is 6.99. The van der Waals surface area contributed by atoms with E-state index in [-0.39, 0.29) is 12.4 Å². The number of nitrogens with zero attached hydrogens (tertiary/aromatic N) is 3. The normalized spacial score (nSPS) is 18.0. The molecule has 7 heteroatoms. The van der Waals surface area contributed by atoms with E-state index in [4.69, 9.17) is 16.3 Å². The first kappa shape index (κ1) is 16.2. The molecule has 1 aliphatic rings. The van der Waals surface area contributed by atoms with E-state index in [9.17, 15) is 4.79 Å². The number of rotatable bonds is 5. The average Bonchev–Trinajstić information content (AvgIpc) is 3.02. The van der Waals surface area contributed by atoms with Crippen molar-refractivity contribution in [1.29, 1.82) is 0 Å². The average molecular weight is 352 g/mol. The third-order valence-corrected chi connectivity index (χ3v) is 4.78. The second-order valence-corrected chi connectivity index (χ2v) is 6.61. The van der Waals surface area contributed by atoms with Crippen molar-refractivity contribution in [2.75, 3.05) is 18.1 Å². The molecule has 1 aliphatic heterocycles. The van der Waals surface area contributed by atoms with Crippen molar-refractivity contribution < 1.29 is 9.53 Å². The molecule has 0 aliphatic carbocycles. The van der Waals surface area contributed by atoms with E-state index in [0.717, 1.165) is 36.9 Å². The highest BCUT2D eigenvalue weighted by atomic mass is 35.5. The second kappa shape index (κ2) is 7.27. The van der Waals surface area contributed by atoms with Gasteiger partial charge in [-0.2, -0.15) is 4.37 Å². The van der Waals surface area contributed by atoms with Gasteiger partial charge in [0.2, 0.25) is 5.82 Å². The van der Waals surface area contributed by atoms with Crippen molar-refractivity contribution in [2.24, 2.45) is 0 Å². The summed E-state index contributed by atoms with van der Waals surface area (Å²) < 4.78 is 14.2. The molecule has 3 rings (SSSR count). The van der Waals surface area contributed by atoms with Gasteiger partial charge >= 0.3 is 0 Å². The van der Waals surface area contributed by atoms with Gasteiger partial charge < -0.3 is 9.64 Å². The molecular weight excluding hydrogens is 334 g/mol. The molecule has 1 aromatic carbocycles. The number of ketones is 1. The molecule has 1 aromatic heterocycles. The molecule has 1 fully saturated rings. The maximum atomic E-state index is 12.2. The third-order valence-electron chi connectivity index (χ3n) is 4.02. The monoisotopic (exact) mass is 351 g/mol. The summed E-state index contributed by atoms with van der Waals surface area (Å²) in [6.07, 6.45) is 3.52. The fraction of sp³-hybridized carbons (Fsp3) is 0.438. The number of piperidine rings is 1. The van der Waals surface area contributed by atoms with E-state index in [0.29, 0.717) is 22.5 Å². The van der Waals surface area contributed by atoms with Crippen LogP contribution in [0.1, 0.15) is 36.5 Å². The molecule has 0 bridgehead atoms. The van der Waals surface area contributed by atoms with Crippen LogP contribution in [-0.4, -0.2) is 33.7 Å². The molecule has 23 heavy (non-hydrogen) atoms. The number of benzene rings is 1. The summed E-state index contributed by atoms with van der Waals surface area (Å²) in [5.74, 6) is 1.10.